The van der Waals surface area contributed by atoms with Gasteiger partial charge >= 0.3 is 0 Å². The molecule has 2 amide bonds. The summed E-state index contributed by atoms with van der Waals surface area (Å²) in [6.45, 7) is 1.38. The van der Waals surface area contributed by atoms with Gasteiger partial charge < -0.3 is 14.6 Å². The van der Waals surface area contributed by atoms with Crippen LogP contribution in [0.3, 0.4) is 0 Å². The van der Waals surface area contributed by atoms with Crippen LogP contribution in [-0.4, -0.2) is 23.3 Å². The Kier molecular flexibility index (Phi) is 5.33. The first kappa shape index (κ1) is 19.6. The van der Waals surface area contributed by atoms with Crippen molar-refractivity contribution in [3.8, 4) is 11.3 Å². The first-order valence-corrected chi connectivity index (χ1v) is 11.0. The van der Waals surface area contributed by atoms with E-state index in [1.165, 1.54) is 0 Å². The lowest BCUT2D eigenvalue weighted by Gasteiger charge is -2.26. The van der Waals surface area contributed by atoms with Crippen LogP contribution in [-0.2, 0) is 29.0 Å². The summed E-state index contributed by atoms with van der Waals surface area (Å²) in [6.07, 6.45) is 4.01. The number of rotatable bonds is 6. The van der Waals surface area contributed by atoms with Gasteiger partial charge in [-0.1, -0.05) is 30.3 Å². The number of aryl methyl sites for hydroxylation is 1. The molecule has 1 aliphatic carbocycles. The molecule has 5 rings (SSSR count). The molecule has 2 aromatic carbocycles. The maximum Gasteiger partial charge on any atom is 0.225 e. The number of carbonyl (C=O) groups is 2. The van der Waals surface area contributed by atoms with Crippen molar-refractivity contribution in [2.24, 2.45) is 5.92 Å². The van der Waals surface area contributed by atoms with Crippen LogP contribution in [0.2, 0.25) is 0 Å². The minimum absolute atomic E-state index is 0.00508. The molecule has 1 aromatic heterocycles. The molecule has 0 atom stereocenters. The van der Waals surface area contributed by atoms with Gasteiger partial charge in [-0.05, 0) is 55.2 Å². The summed E-state index contributed by atoms with van der Waals surface area (Å²) in [5.74, 6) is 2.34. The smallest absolute Gasteiger partial charge is 0.225 e. The van der Waals surface area contributed by atoms with Crippen molar-refractivity contribution in [1.82, 2.24) is 4.90 Å². The topological polar surface area (TPSA) is 62.6 Å². The van der Waals surface area contributed by atoms with Gasteiger partial charge in [-0.15, -0.1) is 0 Å². The van der Waals surface area contributed by atoms with Crippen LogP contribution < -0.4 is 5.32 Å². The second kappa shape index (κ2) is 8.42. The zero-order valence-corrected chi connectivity index (χ0v) is 17.5. The number of amides is 2. The summed E-state index contributed by atoms with van der Waals surface area (Å²) in [5.41, 5.74) is 4.01. The van der Waals surface area contributed by atoms with Gasteiger partial charge in [0, 0.05) is 48.7 Å². The molecule has 2 heterocycles. The number of furan rings is 1. The molecule has 0 spiro atoms. The van der Waals surface area contributed by atoms with Crippen LogP contribution in [0, 0.1) is 5.92 Å². The fourth-order valence-electron chi connectivity index (χ4n) is 4.10. The Bertz CT molecular complexity index is 1080. The van der Waals surface area contributed by atoms with Gasteiger partial charge in [-0.3, -0.25) is 9.59 Å². The number of hydrogen-bond donors (Lipinski definition) is 1. The molecular formula is C26H26N2O3. The summed E-state index contributed by atoms with van der Waals surface area (Å²) in [6, 6.07) is 19.8. The highest BCUT2D eigenvalue weighted by Crippen LogP contribution is 2.35. The predicted molar refractivity (Wildman–Crippen MR) is 119 cm³/mol. The largest absolute Gasteiger partial charge is 0.461 e. The monoisotopic (exact) mass is 414 g/mol. The number of nitrogens with zero attached hydrogens (tertiary/aromatic N) is 1. The highest BCUT2D eigenvalue weighted by Gasteiger charge is 2.35. The third-order valence-corrected chi connectivity index (χ3v) is 6.04. The molecule has 3 aromatic rings. The molecule has 158 valence electrons. The summed E-state index contributed by atoms with van der Waals surface area (Å²) < 4.78 is 6.08. The molecule has 0 unspecified atom stereocenters. The lowest BCUT2D eigenvalue weighted by Crippen LogP contribution is -2.36. The minimum Gasteiger partial charge on any atom is -0.461 e. The molecule has 5 nitrogen and oxygen atoms in total. The van der Waals surface area contributed by atoms with E-state index in [1.807, 2.05) is 59.5 Å². The summed E-state index contributed by atoms with van der Waals surface area (Å²) >= 11 is 0. The Morgan fingerprint density at radius 3 is 2.55 bits per heavy atom. The molecule has 1 aliphatic heterocycles. The van der Waals surface area contributed by atoms with Crippen molar-refractivity contribution in [3.63, 3.8) is 0 Å². The van der Waals surface area contributed by atoms with Crippen molar-refractivity contribution < 1.29 is 14.0 Å². The highest BCUT2D eigenvalue weighted by atomic mass is 16.3. The number of nitrogens with one attached hydrogen (secondary N) is 1. The van der Waals surface area contributed by atoms with Gasteiger partial charge in [0.2, 0.25) is 11.8 Å². The Balaban J connectivity index is 1.19. The van der Waals surface area contributed by atoms with Crippen LogP contribution in [0.1, 0.15) is 36.1 Å². The van der Waals surface area contributed by atoms with Crippen LogP contribution >= 0.6 is 0 Å². The Labute approximate surface area is 182 Å². The maximum atomic E-state index is 12.4. The van der Waals surface area contributed by atoms with E-state index in [9.17, 15) is 9.59 Å². The van der Waals surface area contributed by atoms with E-state index in [4.69, 9.17) is 4.42 Å². The Morgan fingerprint density at radius 1 is 1.03 bits per heavy atom. The normalized spacial score (nSPS) is 15.4. The molecular weight excluding hydrogens is 388 g/mol. The van der Waals surface area contributed by atoms with Crippen molar-refractivity contribution in [2.45, 2.75) is 38.6 Å². The lowest BCUT2D eigenvalue weighted by atomic mass is 10.1. The van der Waals surface area contributed by atoms with Crippen molar-refractivity contribution in [2.75, 3.05) is 11.9 Å². The van der Waals surface area contributed by atoms with E-state index in [2.05, 4.69) is 11.4 Å². The SMILES string of the molecule is O=C(CCc1ccccc1)Nc1ccc(-c2cc3c(o2)CCN(C(=O)C2CC2)C3)cc1. The zero-order valence-electron chi connectivity index (χ0n) is 17.5. The third-order valence-electron chi connectivity index (χ3n) is 6.04. The second-order valence-corrected chi connectivity index (χ2v) is 8.45. The lowest BCUT2D eigenvalue weighted by molar-refractivity contribution is -0.133. The summed E-state index contributed by atoms with van der Waals surface area (Å²) in [4.78, 5) is 26.6. The fraction of sp³-hybridized carbons (Fsp3) is 0.308. The van der Waals surface area contributed by atoms with Gasteiger partial charge in [0.05, 0.1) is 0 Å². The number of hydrogen-bond acceptors (Lipinski definition) is 3. The number of fused-ring (bicyclic) bond motifs is 1. The van der Waals surface area contributed by atoms with Gasteiger partial charge in [0.25, 0.3) is 0 Å². The van der Waals surface area contributed by atoms with Crippen molar-refractivity contribution >= 4 is 17.5 Å². The average Bonchev–Trinajstić information content (AvgIpc) is 3.57. The Hall–Kier alpha value is -3.34. The summed E-state index contributed by atoms with van der Waals surface area (Å²) in [5, 5.41) is 2.96. The van der Waals surface area contributed by atoms with E-state index < -0.39 is 0 Å². The fourth-order valence-corrected chi connectivity index (χ4v) is 4.10. The minimum atomic E-state index is 0.00508. The maximum absolute atomic E-state index is 12.4. The van der Waals surface area contributed by atoms with Crippen LogP contribution in [0.4, 0.5) is 5.69 Å². The zero-order chi connectivity index (χ0) is 21.2. The standard InChI is InChI=1S/C26H26N2O3/c29-25(13-6-18-4-2-1-3-5-18)27-22-11-9-19(10-12-22)24-16-21-17-28(15-14-23(21)31-24)26(30)20-7-8-20/h1-5,9-12,16,20H,6-8,13-15,17H2,(H,27,29). The van der Waals surface area contributed by atoms with Crippen LogP contribution in [0.5, 0.6) is 0 Å². The van der Waals surface area contributed by atoms with E-state index in [0.29, 0.717) is 18.9 Å². The van der Waals surface area contributed by atoms with E-state index in [1.54, 1.807) is 0 Å². The molecule has 1 N–H and O–H groups in total. The molecule has 0 bridgehead atoms. The highest BCUT2D eigenvalue weighted by molar-refractivity contribution is 5.91. The number of anilines is 1. The number of carbonyl (C=O) groups excluding carboxylic acids is 2. The Morgan fingerprint density at radius 2 is 1.81 bits per heavy atom. The van der Waals surface area contributed by atoms with Crippen molar-refractivity contribution in [3.05, 3.63) is 77.6 Å². The van der Waals surface area contributed by atoms with Gasteiger partial charge in [0.15, 0.2) is 0 Å². The molecule has 31 heavy (non-hydrogen) atoms. The van der Waals surface area contributed by atoms with Gasteiger partial charge in [-0.25, -0.2) is 0 Å². The van der Waals surface area contributed by atoms with E-state index in [0.717, 1.165) is 66.1 Å². The summed E-state index contributed by atoms with van der Waals surface area (Å²) in [7, 11) is 0. The number of benzene rings is 2. The molecule has 0 radical (unpaired) electrons. The molecule has 0 saturated heterocycles. The second-order valence-electron chi connectivity index (χ2n) is 8.45. The third kappa shape index (κ3) is 4.55. The molecule has 1 saturated carbocycles. The van der Waals surface area contributed by atoms with E-state index in [-0.39, 0.29) is 11.8 Å². The van der Waals surface area contributed by atoms with Crippen LogP contribution in [0.15, 0.2) is 65.1 Å². The van der Waals surface area contributed by atoms with Gasteiger partial charge in [0.1, 0.15) is 11.5 Å². The van der Waals surface area contributed by atoms with Crippen molar-refractivity contribution in [1.29, 1.82) is 0 Å². The van der Waals surface area contributed by atoms with E-state index >= 15 is 0 Å². The molecule has 2 aliphatic rings. The van der Waals surface area contributed by atoms with Gasteiger partial charge in [-0.2, -0.15) is 0 Å². The quantitative estimate of drug-likeness (QED) is 0.629. The molecule has 1 fully saturated rings. The first-order chi connectivity index (χ1) is 15.2. The molecule has 5 heteroatoms. The van der Waals surface area contributed by atoms with Crippen LogP contribution in [0.25, 0.3) is 11.3 Å². The predicted octanol–water partition coefficient (Wildman–Crippen LogP) is 4.81. The first-order valence-electron chi connectivity index (χ1n) is 11.0. The average molecular weight is 415 g/mol.